The normalized spacial score (nSPS) is 14.7. The van der Waals surface area contributed by atoms with E-state index in [0.29, 0.717) is 32.4 Å². The maximum absolute atomic E-state index is 12.9. The van der Waals surface area contributed by atoms with Crippen LogP contribution < -0.4 is 15.2 Å². The van der Waals surface area contributed by atoms with E-state index in [-0.39, 0.29) is 23.9 Å². The summed E-state index contributed by atoms with van der Waals surface area (Å²) >= 11 is 2.65. The van der Waals surface area contributed by atoms with Gasteiger partial charge in [-0.1, -0.05) is 11.8 Å². The number of hydrogen-bond donors (Lipinski definition) is 1. The lowest BCUT2D eigenvalue weighted by Crippen LogP contribution is -2.35. The lowest BCUT2D eigenvalue weighted by molar-refractivity contribution is -0.120. The van der Waals surface area contributed by atoms with Crippen LogP contribution in [0, 0.1) is 6.92 Å². The summed E-state index contributed by atoms with van der Waals surface area (Å²) in [7, 11) is 1.66. The number of rotatable bonds is 4. The fourth-order valence-corrected chi connectivity index (χ4v) is 4.78. The zero-order chi connectivity index (χ0) is 20.0. The van der Waals surface area contributed by atoms with Gasteiger partial charge < -0.3 is 14.6 Å². The van der Waals surface area contributed by atoms with Crippen molar-refractivity contribution in [1.29, 1.82) is 0 Å². The van der Waals surface area contributed by atoms with Crippen LogP contribution in [-0.2, 0) is 4.79 Å². The lowest BCUT2D eigenvalue weighted by atomic mass is 10.1. The van der Waals surface area contributed by atoms with Crippen LogP contribution >= 0.6 is 23.1 Å². The standard InChI is InChI=1S/C19H17N3O4S2/c1-9-6-12-17(25)20-19(21-18(12)27-9)28-10(2)16(24)11-4-5-14-13(7-11)22(3)15(23)8-26-14/h4-7,10H,8H2,1-3H3,(H,20,21,25). The fraction of sp³-hybridized carbons (Fsp3) is 0.263. The molecule has 1 unspecified atom stereocenters. The second-order valence-corrected chi connectivity index (χ2v) is 9.06. The SMILES string of the molecule is Cc1cc2c(=O)[nH]c(SC(C)C(=O)c3ccc4c(c3)N(C)C(=O)CO4)nc2s1. The molecule has 28 heavy (non-hydrogen) atoms. The number of thiophene rings is 1. The van der Waals surface area contributed by atoms with Gasteiger partial charge in [0.1, 0.15) is 10.6 Å². The number of carbonyl (C=O) groups excluding carboxylic acids is 2. The van der Waals surface area contributed by atoms with Crippen molar-refractivity contribution in [3.63, 3.8) is 0 Å². The van der Waals surface area contributed by atoms with Crippen molar-refractivity contribution in [3.8, 4) is 5.75 Å². The molecule has 0 spiro atoms. The van der Waals surface area contributed by atoms with Crippen LogP contribution in [0.2, 0.25) is 0 Å². The van der Waals surface area contributed by atoms with E-state index in [2.05, 4.69) is 9.97 Å². The summed E-state index contributed by atoms with van der Waals surface area (Å²) in [5.41, 5.74) is 0.836. The molecule has 0 saturated carbocycles. The van der Waals surface area contributed by atoms with E-state index >= 15 is 0 Å². The number of aryl methyl sites for hydroxylation is 1. The molecule has 144 valence electrons. The topological polar surface area (TPSA) is 92.4 Å². The monoisotopic (exact) mass is 415 g/mol. The Bertz CT molecular complexity index is 1170. The number of ketones is 1. The number of H-pyrrole nitrogens is 1. The molecule has 0 radical (unpaired) electrons. The molecule has 3 aromatic rings. The van der Waals surface area contributed by atoms with E-state index in [1.807, 2.05) is 13.0 Å². The molecule has 0 fully saturated rings. The quantitative estimate of drug-likeness (QED) is 0.400. The van der Waals surface area contributed by atoms with Crippen molar-refractivity contribution in [2.24, 2.45) is 0 Å². The molecule has 7 nitrogen and oxygen atoms in total. The third-order valence-electron chi connectivity index (χ3n) is 4.49. The minimum atomic E-state index is -0.467. The number of hydrogen-bond acceptors (Lipinski definition) is 7. The maximum Gasteiger partial charge on any atom is 0.264 e. The molecule has 1 aromatic carbocycles. The molecule has 3 heterocycles. The number of Topliss-reactive ketones (excluding diaryl/α,β-unsaturated/α-hetero) is 1. The number of thioether (sulfide) groups is 1. The average molecular weight is 415 g/mol. The molecule has 1 N–H and O–H groups in total. The van der Waals surface area contributed by atoms with Gasteiger partial charge in [0.25, 0.3) is 11.5 Å². The first-order valence-corrected chi connectivity index (χ1v) is 10.3. The first-order chi connectivity index (χ1) is 13.3. The summed E-state index contributed by atoms with van der Waals surface area (Å²) in [5.74, 6) is 0.286. The van der Waals surface area contributed by atoms with Crippen LogP contribution in [0.1, 0.15) is 22.2 Å². The number of likely N-dealkylation sites (N-methyl/N-ethyl adjacent to an activating group) is 1. The second-order valence-electron chi connectivity index (χ2n) is 6.50. The molecular formula is C19H17N3O4S2. The largest absolute Gasteiger partial charge is 0.482 e. The molecule has 1 aliphatic heterocycles. The van der Waals surface area contributed by atoms with E-state index in [1.54, 1.807) is 32.2 Å². The van der Waals surface area contributed by atoms with E-state index in [4.69, 9.17) is 4.74 Å². The van der Waals surface area contributed by atoms with Gasteiger partial charge in [-0.05, 0) is 38.1 Å². The first kappa shape index (κ1) is 18.7. The zero-order valence-electron chi connectivity index (χ0n) is 15.4. The number of anilines is 1. The molecule has 0 aliphatic carbocycles. The number of ether oxygens (including phenoxy) is 1. The summed E-state index contributed by atoms with van der Waals surface area (Å²) in [5, 5.41) is 0.507. The second kappa shape index (κ2) is 7.06. The Balaban J connectivity index is 1.59. The highest BCUT2D eigenvalue weighted by Crippen LogP contribution is 2.33. The molecule has 1 amide bonds. The molecule has 2 aromatic heterocycles. The Kier molecular flexibility index (Phi) is 4.72. The van der Waals surface area contributed by atoms with Gasteiger partial charge in [0, 0.05) is 17.5 Å². The van der Waals surface area contributed by atoms with Crippen LogP contribution in [0.15, 0.2) is 34.2 Å². The molecular weight excluding hydrogens is 398 g/mol. The van der Waals surface area contributed by atoms with Gasteiger partial charge in [-0.2, -0.15) is 0 Å². The molecule has 4 rings (SSSR count). The fourth-order valence-electron chi connectivity index (χ4n) is 2.97. The number of aromatic amines is 1. The van der Waals surface area contributed by atoms with Crippen molar-refractivity contribution in [2.45, 2.75) is 24.3 Å². The molecule has 9 heteroatoms. The maximum atomic E-state index is 12.9. The molecule has 1 aliphatic rings. The Morgan fingerprint density at radius 2 is 2.14 bits per heavy atom. The summed E-state index contributed by atoms with van der Waals surface area (Å²) in [6.45, 7) is 3.68. The van der Waals surface area contributed by atoms with E-state index in [9.17, 15) is 14.4 Å². The number of aromatic nitrogens is 2. The van der Waals surface area contributed by atoms with Gasteiger partial charge in [-0.3, -0.25) is 14.4 Å². The van der Waals surface area contributed by atoms with Crippen LogP contribution in [0.5, 0.6) is 5.75 Å². The highest BCUT2D eigenvalue weighted by molar-refractivity contribution is 8.00. The molecule has 1 atom stereocenters. The van der Waals surface area contributed by atoms with Gasteiger partial charge in [0.15, 0.2) is 17.5 Å². The predicted molar refractivity (Wildman–Crippen MR) is 110 cm³/mol. The Labute approximate surface area is 168 Å². The van der Waals surface area contributed by atoms with E-state index in [0.717, 1.165) is 4.88 Å². The van der Waals surface area contributed by atoms with Crippen molar-refractivity contribution in [1.82, 2.24) is 9.97 Å². The van der Waals surface area contributed by atoms with Crippen molar-refractivity contribution in [2.75, 3.05) is 18.6 Å². The third-order valence-corrected chi connectivity index (χ3v) is 6.42. The van der Waals surface area contributed by atoms with E-state index in [1.165, 1.54) is 28.0 Å². The van der Waals surface area contributed by atoms with Gasteiger partial charge in [0.2, 0.25) is 0 Å². The van der Waals surface area contributed by atoms with Crippen LogP contribution in [0.4, 0.5) is 5.69 Å². The zero-order valence-corrected chi connectivity index (χ0v) is 17.1. The highest BCUT2D eigenvalue weighted by atomic mass is 32.2. The number of nitrogens with zero attached hydrogens (tertiary/aromatic N) is 2. The van der Waals surface area contributed by atoms with Gasteiger partial charge in [-0.25, -0.2) is 4.98 Å². The number of nitrogens with one attached hydrogen (secondary N) is 1. The summed E-state index contributed by atoms with van der Waals surface area (Å²) in [6, 6.07) is 6.85. The summed E-state index contributed by atoms with van der Waals surface area (Å²) in [6.07, 6.45) is 0. The minimum Gasteiger partial charge on any atom is -0.482 e. The van der Waals surface area contributed by atoms with Crippen LogP contribution in [0.25, 0.3) is 10.2 Å². The summed E-state index contributed by atoms with van der Waals surface area (Å²) in [4.78, 5) is 47.3. The number of amides is 1. The van der Waals surface area contributed by atoms with Crippen molar-refractivity contribution in [3.05, 3.63) is 45.1 Å². The van der Waals surface area contributed by atoms with Crippen molar-refractivity contribution >= 4 is 50.7 Å². The van der Waals surface area contributed by atoms with Gasteiger partial charge >= 0.3 is 0 Å². The highest BCUT2D eigenvalue weighted by Gasteiger charge is 2.25. The number of carbonyl (C=O) groups is 2. The Morgan fingerprint density at radius 1 is 1.36 bits per heavy atom. The first-order valence-electron chi connectivity index (χ1n) is 8.58. The molecule has 0 saturated heterocycles. The third kappa shape index (κ3) is 3.31. The number of fused-ring (bicyclic) bond motifs is 2. The minimum absolute atomic E-state index is 0.00719. The van der Waals surface area contributed by atoms with Crippen LogP contribution in [-0.4, -0.2) is 40.6 Å². The van der Waals surface area contributed by atoms with Crippen molar-refractivity contribution < 1.29 is 14.3 Å². The van der Waals surface area contributed by atoms with Gasteiger partial charge in [0.05, 0.1) is 16.3 Å². The Morgan fingerprint density at radius 3 is 2.93 bits per heavy atom. The summed E-state index contributed by atoms with van der Waals surface area (Å²) < 4.78 is 5.40. The molecule has 0 bridgehead atoms. The lowest BCUT2D eigenvalue weighted by Gasteiger charge is -2.26. The average Bonchev–Trinajstić information content (AvgIpc) is 3.05. The van der Waals surface area contributed by atoms with Crippen LogP contribution in [0.3, 0.4) is 0 Å². The van der Waals surface area contributed by atoms with E-state index < -0.39 is 5.25 Å². The Hall–Kier alpha value is -2.65. The smallest absolute Gasteiger partial charge is 0.264 e. The number of benzene rings is 1. The van der Waals surface area contributed by atoms with Gasteiger partial charge in [-0.15, -0.1) is 11.3 Å². The predicted octanol–water partition coefficient (Wildman–Crippen LogP) is 3.01.